The van der Waals surface area contributed by atoms with Gasteiger partial charge in [-0.25, -0.2) is 0 Å². The minimum Gasteiger partial charge on any atom is -0.355 e. The van der Waals surface area contributed by atoms with Crippen molar-refractivity contribution in [1.29, 1.82) is 0 Å². The van der Waals surface area contributed by atoms with Gasteiger partial charge in [0.1, 0.15) is 0 Å². The number of hydrogen-bond donors (Lipinski definition) is 1. The molecule has 0 aliphatic heterocycles. The van der Waals surface area contributed by atoms with Crippen molar-refractivity contribution in [2.75, 3.05) is 11.9 Å². The lowest BCUT2D eigenvalue weighted by Crippen LogP contribution is -2.40. The maximum atomic E-state index is 12.0. The van der Waals surface area contributed by atoms with Gasteiger partial charge in [-0.2, -0.15) is 0 Å². The third-order valence-electron chi connectivity index (χ3n) is 4.14. The van der Waals surface area contributed by atoms with E-state index in [1.807, 2.05) is 24.3 Å². The average molecular weight is 359 g/mol. The molecule has 1 aliphatic rings. The summed E-state index contributed by atoms with van der Waals surface area (Å²) in [6.45, 7) is 0.782. The number of rotatable bonds is 5. The number of nitrogens with one attached hydrogen (secondary N) is 1. The van der Waals surface area contributed by atoms with Crippen molar-refractivity contribution in [1.82, 2.24) is 5.32 Å². The Labute approximate surface area is 134 Å². The van der Waals surface area contributed by atoms with Crippen LogP contribution in [-0.2, 0) is 11.2 Å². The molecule has 0 bridgehead atoms. The smallest absolute Gasteiger partial charge is 0.224 e. The molecule has 2 rings (SSSR count). The van der Waals surface area contributed by atoms with Crippen LogP contribution in [0.1, 0.15) is 37.7 Å². The number of carbonyl (C=O) groups is 1. The topological polar surface area (TPSA) is 29.1 Å². The lowest BCUT2D eigenvalue weighted by Gasteiger charge is -2.35. The number of benzene rings is 1. The highest BCUT2D eigenvalue weighted by Crippen LogP contribution is 2.37. The van der Waals surface area contributed by atoms with Crippen LogP contribution in [0.5, 0.6) is 0 Å². The minimum atomic E-state index is 0.0956. The molecule has 0 aromatic heterocycles. The molecular weight excluding hydrogens is 338 g/mol. The molecule has 1 saturated carbocycles. The summed E-state index contributed by atoms with van der Waals surface area (Å²) in [7, 11) is 0. The van der Waals surface area contributed by atoms with Gasteiger partial charge in [0.2, 0.25) is 5.91 Å². The Bertz CT molecular complexity index is 440. The first-order valence-electron chi connectivity index (χ1n) is 7.21. The van der Waals surface area contributed by atoms with Crippen molar-refractivity contribution in [2.45, 2.75) is 38.5 Å². The Morgan fingerprint density at radius 2 is 1.85 bits per heavy atom. The molecule has 2 nitrogen and oxygen atoms in total. The van der Waals surface area contributed by atoms with Gasteiger partial charge in [-0.3, -0.25) is 4.79 Å². The van der Waals surface area contributed by atoms with Crippen molar-refractivity contribution in [3.8, 4) is 0 Å². The summed E-state index contributed by atoms with van der Waals surface area (Å²) in [6.07, 6.45) is 6.72. The number of carbonyl (C=O) groups excluding carboxylic acids is 1. The lowest BCUT2D eigenvalue weighted by atomic mass is 9.75. The van der Waals surface area contributed by atoms with Crippen LogP contribution < -0.4 is 5.32 Å². The van der Waals surface area contributed by atoms with Crippen LogP contribution in [0, 0.1) is 5.41 Å². The molecule has 1 N–H and O–H groups in total. The predicted octanol–water partition coefficient (Wildman–Crippen LogP) is 4.34. The Balaban J connectivity index is 1.83. The molecule has 1 aliphatic carbocycles. The van der Waals surface area contributed by atoms with Crippen LogP contribution in [0.15, 0.2) is 24.3 Å². The van der Waals surface area contributed by atoms with Gasteiger partial charge < -0.3 is 5.32 Å². The first-order chi connectivity index (χ1) is 9.63. The summed E-state index contributed by atoms with van der Waals surface area (Å²) in [6, 6.07) is 7.46. The van der Waals surface area contributed by atoms with E-state index in [1.165, 1.54) is 32.1 Å². The third kappa shape index (κ3) is 4.49. The fraction of sp³-hybridized carbons (Fsp3) is 0.562. The van der Waals surface area contributed by atoms with Crippen LogP contribution in [-0.4, -0.2) is 17.8 Å². The second-order valence-corrected chi connectivity index (χ2v) is 6.77. The van der Waals surface area contributed by atoms with Crippen molar-refractivity contribution < 1.29 is 4.79 Å². The summed E-state index contributed by atoms with van der Waals surface area (Å²) >= 11 is 9.47. The number of halogens is 2. The van der Waals surface area contributed by atoms with Gasteiger partial charge in [0.05, 0.1) is 6.42 Å². The molecule has 20 heavy (non-hydrogen) atoms. The molecule has 0 spiro atoms. The summed E-state index contributed by atoms with van der Waals surface area (Å²) in [5.41, 5.74) is 1.26. The molecule has 110 valence electrons. The summed E-state index contributed by atoms with van der Waals surface area (Å²) in [5.74, 6) is 0.0956. The van der Waals surface area contributed by atoms with Gasteiger partial charge in [0, 0.05) is 16.9 Å². The molecule has 0 heterocycles. The third-order valence-corrected chi connectivity index (χ3v) is 5.58. The number of hydrogen-bond acceptors (Lipinski definition) is 1. The van der Waals surface area contributed by atoms with Gasteiger partial charge in [0.15, 0.2) is 0 Å². The fourth-order valence-electron chi connectivity index (χ4n) is 2.80. The molecule has 1 aromatic carbocycles. The molecule has 0 atom stereocenters. The number of amides is 1. The lowest BCUT2D eigenvalue weighted by molar-refractivity contribution is -0.121. The van der Waals surface area contributed by atoms with E-state index < -0.39 is 0 Å². The van der Waals surface area contributed by atoms with Crippen LogP contribution in [0.25, 0.3) is 0 Å². The minimum absolute atomic E-state index is 0.0956. The van der Waals surface area contributed by atoms with E-state index in [1.54, 1.807) is 0 Å². The quantitative estimate of drug-likeness (QED) is 0.779. The van der Waals surface area contributed by atoms with E-state index in [2.05, 4.69) is 21.2 Å². The molecule has 1 amide bonds. The van der Waals surface area contributed by atoms with Crippen LogP contribution in [0.3, 0.4) is 0 Å². The van der Waals surface area contributed by atoms with Crippen LogP contribution >= 0.6 is 27.5 Å². The normalized spacial score (nSPS) is 17.7. The van der Waals surface area contributed by atoms with Crippen molar-refractivity contribution >= 4 is 33.4 Å². The van der Waals surface area contributed by atoms with Crippen molar-refractivity contribution in [2.24, 2.45) is 5.41 Å². The van der Waals surface area contributed by atoms with E-state index in [0.717, 1.165) is 17.4 Å². The Morgan fingerprint density at radius 1 is 1.20 bits per heavy atom. The van der Waals surface area contributed by atoms with E-state index in [9.17, 15) is 4.79 Å². The standard InChI is InChI=1S/C16H21BrClNO/c17-11-16(8-2-1-3-9-16)12-19-15(20)10-13-4-6-14(18)7-5-13/h4-7H,1-3,8-12H2,(H,19,20). The molecule has 0 unspecified atom stereocenters. The average Bonchev–Trinajstić information content (AvgIpc) is 2.49. The molecule has 1 fully saturated rings. The fourth-order valence-corrected chi connectivity index (χ4v) is 3.68. The SMILES string of the molecule is O=C(Cc1ccc(Cl)cc1)NCC1(CBr)CCCCC1. The van der Waals surface area contributed by atoms with Crippen LogP contribution in [0.4, 0.5) is 0 Å². The highest BCUT2D eigenvalue weighted by atomic mass is 79.9. The molecule has 4 heteroatoms. The highest BCUT2D eigenvalue weighted by molar-refractivity contribution is 9.09. The Hall–Kier alpha value is -0.540. The first-order valence-corrected chi connectivity index (χ1v) is 8.71. The number of alkyl halides is 1. The van der Waals surface area contributed by atoms with Gasteiger partial charge in [0.25, 0.3) is 0 Å². The Kier molecular flexibility index (Phi) is 5.91. The van der Waals surface area contributed by atoms with Crippen molar-refractivity contribution in [3.63, 3.8) is 0 Å². The monoisotopic (exact) mass is 357 g/mol. The Morgan fingerprint density at radius 3 is 2.45 bits per heavy atom. The van der Waals surface area contributed by atoms with E-state index in [0.29, 0.717) is 11.4 Å². The second-order valence-electron chi connectivity index (χ2n) is 5.77. The van der Waals surface area contributed by atoms with Gasteiger partial charge in [-0.1, -0.05) is 58.9 Å². The second kappa shape index (κ2) is 7.46. The van der Waals surface area contributed by atoms with E-state index >= 15 is 0 Å². The van der Waals surface area contributed by atoms with Gasteiger partial charge in [-0.15, -0.1) is 0 Å². The summed E-state index contributed by atoms with van der Waals surface area (Å²) < 4.78 is 0. The molecule has 1 aromatic rings. The van der Waals surface area contributed by atoms with Gasteiger partial charge >= 0.3 is 0 Å². The molecule has 0 saturated heterocycles. The van der Waals surface area contributed by atoms with Crippen LogP contribution in [0.2, 0.25) is 5.02 Å². The molecule has 0 radical (unpaired) electrons. The van der Waals surface area contributed by atoms with Gasteiger partial charge in [-0.05, 0) is 36.0 Å². The predicted molar refractivity (Wildman–Crippen MR) is 87.5 cm³/mol. The maximum Gasteiger partial charge on any atom is 0.224 e. The zero-order chi connectivity index (χ0) is 14.4. The summed E-state index contributed by atoms with van der Waals surface area (Å²) in [4.78, 5) is 12.0. The maximum absolute atomic E-state index is 12.0. The zero-order valence-electron chi connectivity index (χ0n) is 11.6. The van der Waals surface area contributed by atoms with Crippen molar-refractivity contribution in [3.05, 3.63) is 34.9 Å². The summed E-state index contributed by atoms with van der Waals surface area (Å²) in [5, 5.41) is 4.78. The highest BCUT2D eigenvalue weighted by Gasteiger charge is 2.31. The largest absolute Gasteiger partial charge is 0.355 e. The molecular formula is C16H21BrClNO. The van der Waals surface area contributed by atoms with E-state index in [4.69, 9.17) is 11.6 Å². The zero-order valence-corrected chi connectivity index (χ0v) is 14.0. The first kappa shape index (κ1) is 15.8. The van der Waals surface area contributed by atoms with E-state index in [-0.39, 0.29) is 11.3 Å².